The first-order chi connectivity index (χ1) is 8.63. The SMILES string of the molecule is Cc1nn(-c2nc3sccn3c2CN)c(C)c1C. The Kier molecular flexibility index (Phi) is 2.49. The van der Waals surface area contributed by atoms with E-state index in [-0.39, 0.29) is 0 Å². The minimum absolute atomic E-state index is 0.449. The highest BCUT2D eigenvalue weighted by atomic mass is 32.1. The molecule has 0 bridgehead atoms. The molecule has 0 aliphatic rings. The van der Waals surface area contributed by atoms with Gasteiger partial charge in [-0.2, -0.15) is 10.1 Å². The number of nitrogens with two attached hydrogens (primary N) is 1. The Labute approximate surface area is 109 Å². The van der Waals surface area contributed by atoms with Crippen LogP contribution in [-0.2, 0) is 6.54 Å². The fourth-order valence-electron chi connectivity index (χ4n) is 2.11. The zero-order valence-electron chi connectivity index (χ0n) is 10.6. The Morgan fingerprint density at radius 1 is 1.33 bits per heavy atom. The molecule has 0 saturated carbocycles. The molecule has 0 aliphatic heterocycles. The maximum Gasteiger partial charge on any atom is 0.196 e. The van der Waals surface area contributed by atoms with E-state index >= 15 is 0 Å². The number of thiazole rings is 1. The van der Waals surface area contributed by atoms with Crippen molar-refractivity contribution in [3.8, 4) is 5.82 Å². The van der Waals surface area contributed by atoms with Crippen LogP contribution in [0.3, 0.4) is 0 Å². The summed E-state index contributed by atoms with van der Waals surface area (Å²) in [4.78, 5) is 5.59. The molecule has 0 saturated heterocycles. The molecule has 3 aromatic heterocycles. The zero-order valence-corrected chi connectivity index (χ0v) is 11.5. The predicted molar refractivity (Wildman–Crippen MR) is 72.3 cm³/mol. The van der Waals surface area contributed by atoms with Crippen LogP contribution in [0.1, 0.15) is 22.6 Å². The topological polar surface area (TPSA) is 61.1 Å². The van der Waals surface area contributed by atoms with E-state index in [1.165, 1.54) is 5.56 Å². The first-order valence-corrected chi connectivity index (χ1v) is 6.69. The van der Waals surface area contributed by atoms with Crippen molar-refractivity contribution in [3.05, 3.63) is 34.2 Å². The van der Waals surface area contributed by atoms with Crippen LogP contribution in [0.2, 0.25) is 0 Å². The Morgan fingerprint density at radius 2 is 2.11 bits per heavy atom. The van der Waals surface area contributed by atoms with Gasteiger partial charge in [-0.3, -0.25) is 4.40 Å². The first kappa shape index (κ1) is 11.4. The van der Waals surface area contributed by atoms with E-state index in [0.29, 0.717) is 6.54 Å². The number of hydrogen-bond acceptors (Lipinski definition) is 4. The second-order valence-corrected chi connectivity index (χ2v) is 5.22. The van der Waals surface area contributed by atoms with Gasteiger partial charge in [-0.05, 0) is 26.3 Å². The fourth-order valence-corrected chi connectivity index (χ4v) is 2.84. The van der Waals surface area contributed by atoms with Crippen molar-refractivity contribution in [2.75, 3.05) is 0 Å². The molecule has 0 radical (unpaired) electrons. The molecule has 0 fully saturated rings. The molecule has 2 N–H and O–H groups in total. The van der Waals surface area contributed by atoms with E-state index in [9.17, 15) is 0 Å². The van der Waals surface area contributed by atoms with Crippen molar-refractivity contribution in [2.24, 2.45) is 5.73 Å². The number of rotatable bonds is 2. The smallest absolute Gasteiger partial charge is 0.196 e. The van der Waals surface area contributed by atoms with Crippen LogP contribution in [-0.4, -0.2) is 19.2 Å². The fraction of sp³-hybridized carbons (Fsp3) is 0.333. The second-order valence-electron chi connectivity index (χ2n) is 4.35. The Hall–Kier alpha value is -1.66. The van der Waals surface area contributed by atoms with E-state index in [2.05, 4.69) is 23.9 Å². The van der Waals surface area contributed by atoms with Gasteiger partial charge in [0.05, 0.1) is 11.4 Å². The summed E-state index contributed by atoms with van der Waals surface area (Å²) in [5.41, 5.74) is 10.2. The van der Waals surface area contributed by atoms with Gasteiger partial charge in [0.15, 0.2) is 10.8 Å². The molecule has 3 aromatic rings. The lowest BCUT2D eigenvalue weighted by molar-refractivity contribution is 0.791. The van der Waals surface area contributed by atoms with Crippen molar-refractivity contribution in [1.82, 2.24) is 19.2 Å². The van der Waals surface area contributed by atoms with Crippen LogP contribution in [0.25, 0.3) is 10.8 Å². The zero-order chi connectivity index (χ0) is 12.9. The van der Waals surface area contributed by atoms with Gasteiger partial charge in [0.1, 0.15) is 0 Å². The van der Waals surface area contributed by atoms with Crippen molar-refractivity contribution in [2.45, 2.75) is 27.3 Å². The monoisotopic (exact) mass is 261 g/mol. The summed E-state index contributed by atoms with van der Waals surface area (Å²) in [5.74, 6) is 0.845. The molecule has 18 heavy (non-hydrogen) atoms. The molecule has 0 aromatic carbocycles. The van der Waals surface area contributed by atoms with Crippen molar-refractivity contribution < 1.29 is 0 Å². The molecule has 3 rings (SSSR count). The quantitative estimate of drug-likeness (QED) is 0.767. The summed E-state index contributed by atoms with van der Waals surface area (Å²) in [6, 6.07) is 0. The van der Waals surface area contributed by atoms with Crippen LogP contribution < -0.4 is 5.73 Å². The highest BCUT2D eigenvalue weighted by molar-refractivity contribution is 7.15. The summed E-state index contributed by atoms with van der Waals surface area (Å²) >= 11 is 1.60. The minimum atomic E-state index is 0.449. The third kappa shape index (κ3) is 1.42. The molecular formula is C12H15N5S. The second kappa shape index (κ2) is 3.93. The Morgan fingerprint density at radius 3 is 2.72 bits per heavy atom. The molecular weight excluding hydrogens is 246 g/mol. The molecule has 0 atom stereocenters. The number of fused-ring (bicyclic) bond motifs is 1. The average molecular weight is 261 g/mol. The molecule has 0 unspecified atom stereocenters. The Balaban J connectivity index is 2.30. The summed E-state index contributed by atoms with van der Waals surface area (Å²) < 4.78 is 3.93. The number of hydrogen-bond donors (Lipinski definition) is 1. The van der Waals surface area contributed by atoms with E-state index in [1.807, 2.05) is 27.6 Å². The minimum Gasteiger partial charge on any atom is -0.325 e. The van der Waals surface area contributed by atoms with E-state index in [0.717, 1.165) is 27.9 Å². The third-order valence-electron chi connectivity index (χ3n) is 3.39. The molecule has 6 heteroatoms. The molecule has 5 nitrogen and oxygen atoms in total. The molecule has 3 heterocycles. The molecule has 94 valence electrons. The van der Waals surface area contributed by atoms with E-state index in [1.54, 1.807) is 11.3 Å². The van der Waals surface area contributed by atoms with Gasteiger partial charge in [-0.25, -0.2) is 4.68 Å². The maximum absolute atomic E-state index is 5.86. The summed E-state index contributed by atoms with van der Waals surface area (Å²) in [6.45, 7) is 6.60. The van der Waals surface area contributed by atoms with Gasteiger partial charge < -0.3 is 5.73 Å². The summed E-state index contributed by atoms with van der Waals surface area (Å²) in [7, 11) is 0. The Bertz CT molecular complexity index is 718. The van der Waals surface area contributed by atoms with Crippen LogP contribution >= 0.6 is 11.3 Å². The van der Waals surface area contributed by atoms with Gasteiger partial charge in [-0.15, -0.1) is 11.3 Å². The van der Waals surface area contributed by atoms with Crippen LogP contribution in [0.5, 0.6) is 0 Å². The van der Waals surface area contributed by atoms with Crippen LogP contribution in [0, 0.1) is 20.8 Å². The van der Waals surface area contributed by atoms with Crippen molar-refractivity contribution in [1.29, 1.82) is 0 Å². The number of nitrogens with zero attached hydrogens (tertiary/aromatic N) is 4. The number of aryl methyl sites for hydroxylation is 1. The first-order valence-electron chi connectivity index (χ1n) is 5.81. The van der Waals surface area contributed by atoms with Gasteiger partial charge in [0.25, 0.3) is 0 Å². The van der Waals surface area contributed by atoms with E-state index in [4.69, 9.17) is 5.73 Å². The highest BCUT2D eigenvalue weighted by Gasteiger charge is 2.17. The highest BCUT2D eigenvalue weighted by Crippen LogP contribution is 2.23. The maximum atomic E-state index is 5.86. The van der Waals surface area contributed by atoms with Crippen LogP contribution in [0.15, 0.2) is 11.6 Å². The average Bonchev–Trinajstić information content (AvgIpc) is 2.98. The lowest BCUT2D eigenvalue weighted by atomic mass is 10.2. The largest absolute Gasteiger partial charge is 0.325 e. The predicted octanol–water partition coefficient (Wildman–Crippen LogP) is 1.97. The molecule has 0 aliphatic carbocycles. The molecule has 0 spiro atoms. The van der Waals surface area contributed by atoms with Gasteiger partial charge in [0, 0.05) is 23.8 Å². The van der Waals surface area contributed by atoms with Crippen LogP contribution in [0.4, 0.5) is 0 Å². The standard InChI is InChI=1S/C12H15N5S/c1-7-8(2)15-17(9(7)3)11-10(6-13)16-4-5-18-12(16)14-11/h4-5H,6,13H2,1-3H3. The van der Waals surface area contributed by atoms with Crippen molar-refractivity contribution in [3.63, 3.8) is 0 Å². The van der Waals surface area contributed by atoms with Gasteiger partial charge in [0.2, 0.25) is 0 Å². The third-order valence-corrected chi connectivity index (χ3v) is 4.14. The number of imidazole rings is 1. The normalized spacial score (nSPS) is 11.6. The summed E-state index contributed by atoms with van der Waals surface area (Å²) in [6.07, 6.45) is 2.00. The lowest BCUT2D eigenvalue weighted by Gasteiger charge is -2.03. The van der Waals surface area contributed by atoms with Gasteiger partial charge >= 0.3 is 0 Å². The summed E-state index contributed by atoms with van der Waals surface area (Å²) in [5, 5.41) is 6.56. The van der Waals surface area contributed by atoms with Gasteiger partial charge in [-0.1, -0.05) is 0 Å². The van der Waals surface area contributed by atoms with Crippen molar-refractivity contribution >= 4 is 16.3 Å². The van der Waals surface area contributed by atoms with E-state index < -0.39 is 0 Å². The molecule has 0 amide bonds. The lowest BCUT2D eigenvalue weighted by Crippen LogP contribution is -2.08. The number of aromatic nitrogens is 4.